The van der Waals surface area contributed by atoms with Gasteiger partial charge in [0, 0.05) is 10.6 Å². The van der Waals surface area contributed by atoms with Gasteiger partial charge in [0.15, 0.2) is 0 Å². The van der Waals surface area contributed by atoms with E-state index in [2.05, 4.69) is 12.2 Å². The van der Waals surface area contributed by atoms with Crippen molar-refractivity contribution in [3.63, 3.8) is 0 Å². The largest absolute Gasteiger partial charge is 0.460 e. The van der Waals surface area contributed by atoms with Crippen LogP contribution in [0.1, 0.15) is 18.2 Å². The first-order valence-corrected chi connectivity index (χ1v) is 6.14. The zero-order chi connectivity index (χ0) is 12.3. The highest BCUT2D eigenvalue weighted by Gasteiger charge is 2.06. The minimum atomic E-state index is 0. The normalized spacial score (nSPS) is 10.2. The molecule has 1 aromatic carbocycles. The van der Waals surface area contributed by atoms with Crippen molar-refractivity contribution in [3.05, 3.63) is 46.7 Å². The van der Waals surface area contributed by atoms with E-state index >= 15 is 0 Å². The van der Waals surface area contributed by atoms with E-state index in [1.54, 1.807) is 0 Å². The van der Waals surface area contributed by atoms with Crippen LogP contribution in [0.15, 0.2) is 34.7 Å². The molecule has 0 amide bonds. The van der Waals surface area contributed by atoms with E-state index in [1.807, 2.05) is 37.3 Å². The Balaban J connectivity index is 0.00000162. The fourth-order valence-corrected chi connectivity index (χ4v) is 1.80. The van der Waals surface area contributed by atoms with Gasteiger partial charge in [-0.25, -0.2) is 0 Å². The van der Waals surface area contributed by atoms with Crippen molar-refractivity contribution in [2.24, 2.45) is 0 Å². The van der Waals surface area contributed by atoms with Gasteiger partial charge in [-0.1, -0.05) is 30.7 Å². The summed E-state index contributed by atoms with van der Waals surface area (Å²) in [7, 11) is 0. The molecule has 2 rings (SSSR count). The number of rotatable bonds is 4. The molecule has 0 radical (unpaired) electrons. The monoisotopic (exact) mass is 285 g/mol. The molecule has 2 aromatic rings. The molecule has 0 saturated heterocycles. The lowest BCUT2D eigenvalue weighted by atomic mass is 10.1. The maximum Gasteiger partial charge on any atom is 0.134 e. The van der Waals surface area contributed by atoms with E-state index in [1.165, 1.54) is 0 Å². The van der Waals surface area contributed by atoms with Crippen molar-refractivity contribution in [1.29, 1.82) is 0 Å². The molecular weight excluding hydrogens is 269 g/mol. The lowest BCUT2D eigenvalue weighted by Crippen LogP contribution is -2.10. The van der Waals surface area contributed by atoms with Crippen LogP contribution in [0, 0.1) is 6.92 Å². The first-order chi connectivity index (χ1) is 8.20. The quantitative estimate of drug-likeness (QED) is 0.898. The van der Waals surface area contributed by atoms with Crippen molar-refractivity contribution in [2.75, 3.05) is 6.54 Å². The molecule has 0 atom stereocenters. The minimum Gasteiger partial charge on any atom is -0.460 e. The molecule has 0 aliphatic heterocycles. The molecule has 1 aromatic heterocycles. The number of benzene rings is 1. The Bertz CT molecular complexity index is 508. The van der Waals surface area contributed by atoms with Crippen LogP contribution in [-0.2, 0) is 6.54 Å². The van der Waals surface area contributed by atoms with E-state index < -0.39 is 0 Å². The van der Waals surface area contributed by atoms with Crippen LogP contribution in [0.5, 0.6) is 0 Å². The van der Waals surface area contributed by atoms with Crippen LogP contribution in [0.4, 0.5) is 0 Å². The molecule has 2 nitrogen and oxygen atoms in total. The molecular formula is C14H17Cl2NO. The van der Waals surface area contributed by atoms with Crippen LogP contribution in [0.25, 0.3) is 11.3 Å². The standard InChI is InChI=1S/C14H16ClNO.ClH/c1-3-16-9-12-6-7-14(17-12)11-5-4-10(2)13(15)8-11;/h4-8,16H,3,9H2,1-2H3;1H. The second-order valence-corrected chi connectivity index (χ2v) is 4.42. The summed E-state index contributed by atoms with van der Waals surface area (Å²) < 4.78 is 5.75. The summed E-state index contributed by atoms with van der Waals surface area (Å²) in [5.74, 6) is 1.80. The number of hydrogen-bond donors (Lipinski definition) is 1. The Hall–Kier alpha value is -0.960. The SMILES string of the molecule is CCNCc1ccc(-c2ccc(C)c(Cl)c2)o1.Cl. The minimum absolute atomic E-state index is 0. The van der Waals surface area contributed by atoms with Crippen LogP contribution in [-0.4, -0.2) is 6.54 Å². The number of furan rings is 1. The summed E-state index contributed by atoms with van der Waals surface area (Å²) in [5.41, 5.74) is 2.10. The van der Waals surface area contributed by atoms with Gasteiger partial charge in [0.2, 0.25) is 0 Å². The van der Waals surface area contributed by atoms with Crippen LogP contribution >= 0.6 is 24.0 Å². The zero-order valence-corrected chi connectivity index (χ0v) is 12.1. The average Bonchev–Trinajstić information content (AvgIpc) is 2.79. The molecule has 0 aliphatic carbocycles. The maximum absolute atomic E-state index is 6.10. The maximum atomic E-state index is 6.10. The summed E-state index contributed by atoms with van der Waals surface area (Å²) >= 11 is 6.10. The van der Waals surface area contributed by atoms with Gasteiger partial charge in [-0.05, 0) is 37.2 Å². The summed E-state index contributed by atoms with van der Waals surface area (Å²) in [4.78, 5) is 0. The van der Waals surface area contributed by atoms with E-state index in [0.717, 1.165) is 40.8 Å². The predicted octanol–water partition coefficient (Wildman–Crippen LogP) is 4.44. The zero-order valence-electron chi connectivity index (χ0n) is 10.5. The summed E-state index contributed by atoms with van der Waals surface area (Å²) in [6.07, 6.45) is 0. The molecule has 0 bridgehead atoms. The van der Waals surface area contributed by atoms with Gasteiger partial charge in [0.1, 0.15) is 11.5 Å². The number of aryl methyl sites for hydroxylation is 1. The molecule has 0 saturated carbocycles. The lowest BCUT2D eigenvalue weighted by Gasteiger charge is -2.01. The lowest BCUT2D eigenvalue weighted by molar-refractivity contribution is 0.498. The molecule has 18 heavy (non-hydrogen) atoms. The van der Waals surface area contributed by atoms with Crippen molar-refractivity contribution in [3.8, 4) is 11.3 Å². The van der Waals surface area contributed by atoms with Gasteiger partial charge in [0.25, 0.3) is 0 Å². The Morgan fingerprint density at radius 1 is 1.22 bits per heavy atom. The van der Waals surface area contributed by atoms with Crippen molar-refractivity contribution < 1.29 is 4.42 Å². The fraction of sp³-hybridized carbons (Fsp3) is 0.286. The number of nitrogens with one attached hydrogen (secondary N) is 1. The Morgan fingerprint density at radius 3 is 2.67 bits per heavy atom. The predicted molar refractivity (Wildman–Crippen MR) is 78.5 cm³/mol. The third-order valence-electron chi connectivity index (χ3n) is 2.67. The second-order valence-electron chi connectivity index (χ2n) is 4.01. The molecule has 1 heterocycles. The van der Waals surface area contributed by atoms with Crippen molar-refractivity contribution in [1.82, 2.24) is 5.32 Å². The van der Waals surface area contributed by atoms with Crippen molar-refractivity contribution >= 4 is 24.0 Å². The number of hydrogen-bond acceptors (Lipinski definition) is 2. The Labute approximate surface area is 119 Å². The first-order valence-electron chi connectivity index (χ1n) is 5.76. The molecule has 0 unspecified atom stereocenters. The van der Waals surface area contributed by atoms with Crippen LogP contribution in [0.2, 0.25) is 5.02 Å². The summed E-state index contributed by atoms with van der Waals surface area (Å²) in [6, 6.07) is 9.94. The first kappa shape index (κ1) is 15.1. The second kappa shape index (κ2) is 6.83. The van der Waals surface area contributed by atoms with E-state index in [0.29, 0.717) is 0 Å². The summed E-state index contributed by atoms with van der Waals surface area (Å²) in [5, 5.41) is 4.00. The van der Waals surface area contributed by atoms with Gasteiger partial charge in [-0.2, -0.15) is 0 Å². The van der Waals surface area contributed by atoms with Crippen LogP contribution < -0.4 is 5.32 Å². The topological polar surface area (TPSA) is 25.2 Å². The molecule has 98 valence electrons. The highest BCUT2D eigenvalue weighted by Crippen LogP contribution is 2.26. The summed E-state index contributed by atoms with van der Waals surface area (Å²) in [6.45, 7) is 5.76. The van der Waals surface area contributed by atoms with E-state index in [9.17, 15) is 0 Å². The van der Waals surface area contributed by atoms with E-state index in [-0.39, 0.29) is 12.4 Å². The average molecular weight is 286 g/mol. The van der Waals surface area contributed by atoms with Gasteiger partial charge >= 0.3 is 0 Å². The molecule has 0 aliphatic rings. The fourth-order valence-electron chi connectivity index (χ4n) is 1.62. The van der Waals surface area contributed by atoms with Crippen LogP contribution in [0.3, 0.4) is 0 Å². The van der Waals surface area contributed by atoms with Crippen molar-refractivity contribution in [2.45, 2.75) is 20.4 Å². The molecule has 0 spiro atoms. The Morgan fingerprint density at radius 2 is 2.00 bits per heavy atom. The number of halogens is 2. The van der Waals surface area contributed by atoms with Gasteiger partial charge in [-0.15, -0.1) is 12.4 Å². The molecule has 1 N–H and O–H groups in total. The highest BCUT2D eigenvalue weighted by molar-refractivity contribution is 6.31. The van der Waals surface area contributed by atoms with Gasteiger partial charge in [-0.3, -0.25) is 0 Å². The van der Waals surface area contributed by atoms with Gasteiger partial charge < -0.3 is 9.73 Å². The third kappa shape index (κ3) is 3.52. The third-order valence-corrected chi connectivity index (χ3v) is 3.07. The Kier molecular flexibility index (Phi) is 5.73. The highest BCUT2D eigenvalue weighted by atomic mass is 35.5. The van der Waals surface area contributed by atoms with Gasteiger partial charge in [0.05, 0.1) is 6.54 Å². The molecule has 4 heteroatoms. The smallest absolute Gasteiger partial charge is 0.134 e. The molecule has 0 fully saturated rings. The van der Waals surface area contributed by atoms with E-state index in [4.69, 9.17) is 16.0 Å².